The van der Waals surface area contributed by atoms with E-state index in [0.717, 1.165) is 5.69 Å². The second-order valence-corrected chi connectivity index (χ2v) is 2.85. The van der Waals surface area contributed by atoms with Gasteiger partial charge in [0.15, 0.2) is 0 Å². The number of aliphatic hydroxyl groups excluding tert-OH is 1. The van der Waals surface area contributed by atoms with Crippen molar-refractivity contribution in [3.8, 4) is 0 Å². The quantitative estimate of drug-likeness (QED) is 0.720. The van der Waals surface area contributed by atoms with E-state index in [-0.39, 0.29) is 12.3 Å². The molecule has 5 heteroatoms. The summed E-state index contributed by atoms with van der Waals surface area (Å²) in [5.74, 6) is -1.04. The first-order valence-electron chi connectivity index (χ1n) is 4.16. The number of hydrogen-bond acceptors (Lipinski definition) is 4. The van der Waals surface area contributed by atoms with Crippen molar-refractivity contribution in [3.63, 3.8) is 0 Å². The molecule has 14 heavy (non-hydrogen) atoms. The van der Waals surface area contributed by atoms with Gasteiger partial charge in [0, 0.05) is 13.6 Å². The van der Waals surface area contributed by atoms with Crippen LogP contribution in [-0.4, -0.2) is 41.4 Å². The molecule has 0 atom stereocenters. The molecule has 0 aromatic carbocycles. The molecule has 0 spiro atoms. The molecule has 0 amide bonds. The fourth-order valence-corrected chi connectivity index (χ4v) is 1.02. The van der Waals surface area contributed by atoms with Gasteiger partial charge in [-0.2, -0.15) is 0 Å². The Kier molecular flexibility index (Phi) is 3.41. The minimum absolute atomic E-state index is 0.0196. The van der Waals surface area contributed by atoms with Gasteiger partial charge in [-0.15, -0.1) is 0 Å². The Labute approximate surface area is 81.6 Å². The number of likely N-dealkylation sites (N-methyl/N-ethyl adjacent to an activating group) is 1. The van der Waals surface area contributed by atoms with Crippen LogP contribution in [0.25, 0.3) is 0 Å². The van der Waals surface area contributed by atoms with Crippen molar-refractivity contribution in [2.75, 3.05) is 25.1 Å². The maximum Gasteiger partial charge on any atom is 0.354 e. The number of aromatic carboxylic acids is 1. The Balaban J connectivity index is 2.77. The molecule has 1 heterocycles. The highest BCUT2D eigenvalue weighted by Crippen LogP contribution is 2.10. The van der Waals surface area contributed by atoms with Crippen molar-refractivity contribution in [1.82, 2.24) is 4.98 Å². The number of carbonyl (C=O) groups is 1. The SMILES string of the molecule is CN(CCO)c1ccc(C(=O)O)nc1. The van der Waals surface area contributed by atoms with Gasteiger partial charge in [-0.05, 0) is 12.1 Å². The van der Waals surface area contributed by atoms with Crippen LogP contribution in [0.4, 0.5) is 5.69 Å². The lowest BCUT2D eigenvalue weighted by atomic mass is 10.3. The predicted molar refractivity (Wildman–Crippen MR) is 51.6 cm³/mol. The van der Waals surface area contributed by atoms with Crippen molar-refractivity contribution in [2.45, 2.75) is 0 Å². The average Bonchev–Trinajstić information content (AvgIpc) is 2.18. The Bertz CT molecular complexity index is 310. The van der Waals surface area contributed by atoms with Gasteiger partial charge in [0.1, 0.15) is 5.69 Å². The maximum absolute atomic E-state index is 10.5. The summed E-state index contributed by atoms with van der Waals surface area (Å²) in [6.45, 7) is 0.547. The van der Waals surface area contributed by atoms with Crippen LogP contribution >= 0.6 is 0 Å². The predicted octanol–water partition coefficient (Wildman–Crippen LogP) is 0.208. The fraction of sp³-hybridized carbons (Fsp3) is 0.333. The van der Waals surface area contributed by atoms with Crippen molar-refractivity contribution < 1.29 is 15.0 Å². The first kappa shape index (κ1) is 10.5. The summed E-state index contributed by atoms with van der Waals surface area (Å²) < 4.78 is 0. The largest absolute Gasteiger partial charge is 0.477 e. The van der Waals surface area contributed by atoms with Crippen LogP contribution < -0.4 is 4.90 Å². The van der Waals surface area contributed by atoms with E-state index in [9.17, 15) is 4.79 Å². The number of carboxylic acids is 1. The Hall–Kier alpha value is -1.62. The van der Waals surface area contributed by atoms with Crippen LogP contribution in [0.3, 0.4) is 0 Å². The molecule has 76 valence electrons. The number of aromatic nitrogens is 1. The third-order valence-electron chi connectivity index (χ3n) is 1.84. The third kappa shape index (κ3) is 2.43. The van der Waals surface area contributed by atoms with E-state index in [1.807, 2.05) is 0 Å². The fourth-order valence-electron chi connectivity index (χ4n) is 1.02. The Morgan fingerprint density at radius 1 is 1.57 bits per heavy atom. The van der Waals surface area contributed by atoms with Gasteiger partial charge >= 0.3 is 5.97 Å². The topological polar surface area (TPSA) is 73.7 Å². The summed E-state index contributed by atoms with van der Waals surface area (Å²) in [5, 5.41) is 17.3. The summed E-state index contributed by atoms with van der Waals surface area (Å²) in [6.07, 6.45) is 1.47. The van der Waals surface area contributed by atoms with E-state index in [1.54, 1.807) is 18.0 Å². The molecule has 0 saturated carbocycles. The molecule has 0 fully saturated rings. The molecular weight excluding hydrogens is 184 g/mol. The molecule has 1 aromatic heterocycles. The van der Waals surface area contributed by atoms with E-state index in [4.69, 9.17) is 10.2 Å². The Morgan fingerprint density at radius 3 is 2.71 bits per heavy atom. The highest BCUT2D eigenvalue weighted by Gasteiger charge is 2.05. The average molecular weight is 196 g/mol. The van der Waals surface area contributed by atoms with Gasteiger partial charge in [0.25, 0.3) is 0 Å². The summed E-state index contributed by atoms with van der Waals surface area (Å²) in [5.41, 5.74) is 0.801. The number of rotatable bonds is 4. The van der Waals surface area contributed by atoms with Crippen LogP contribution in [0, 0.1) is 0 Å². The summed E-state index contributed by atoms with van der Waals surface area (Å²) >= 11 is 0. The zero-order valence-corrected chi connectivity index (χ0v) is 7.84. The van der Waals surface area contributed by atoms with Gasteiger partial charge in [0.05, 0.1) is 18.5 Å². The lowest BCUT2D eigenvalue weighted by molar-refractivity contribution is 0.0690. The van der Waals surface area contributed by atoms with Crippen LogP contribution in [-0.2, 0) is 0 Å². The number of anilines is 1. The van der Waals surface area contributed by atoms with E-state index < -0.39 is 5.97 Å². The number of nitrogens with zero attached hydrogens (tertiary/aromatic N) is 2. The van der Waals surface area contributed by atoms with Crippen molar-refractivity contribution in [3.05, 3.63) is 24.0 Å². The number of pyridine rings is 1. The van der Waals surface area contributed by atoms with Crippen LogP contribution in [0.15, 0.2) is 18.3 Å². The molecule has 1 rings (SSSR count). The monoisotopic (exact) mass is 196 g/mol. The van der Waals surface area contributed by atoms with Gasteiger partial charge in [-0.25, -0.2) is 9.78 Å². The smallest absolute Gasteiger partial charge is 0.354 e. The lowest BCUT2D eigenvalue weighted by Gasteiger charge is -2.16. The minimum atomic E-state index is -1.04. The molecule has 0 saturated heterocycles. The first-order chi connectivity index (χ1) is 6.65. The normalized spacial score (nSPS) is 9.86. The molecule has 5 nitrogen and oxygen atoms in total. The summed E-state index contributed by atoms with van der Waals surface area (Å²) in [7, 11) is 1.80. The molecular formula is C9H12N2O3. The molecule has 2 N–H and O–H groups in total. The number of aliphatic hydroxyl groups is 1. The standard InChI is InChI=1S/C9H12N2O3/c1-11(4-5-12)7-2-3-8(9(13)14)10-6-7/h2-3,6,12H,4-5H2,1H3,(H,13,14). The lowest BCUT2D eigenvalue weighted by Crippen LogP contribution is -2.21. The second kappa shape index (κ2) is 4.57. The van der Waals surface area contributed by atoms with Crippen LogP contribution in [0.2, 0.25) is 0 Å². The van der Waals surface area contributed by atoms with E-state index in [2.05, 4.69) is 4.98 Å². The zero-order chi connectivity index (χ0) is 10.6. The summed E-state index contributed by atoms with van der Waals surface area (Å²) in [6, 6.07) is 3.09. The van der Waals surface area contributed by atoms with Crippen molar-refractivity contribution in [2.24, 2.45) is 0 Å². The van der Waals surface area contributed by atoms with Crippen molar-refractivity contribution >= 4 is 11.7 Å². The summed E-state index contributed by atoms with van der Waals surface area (Å²) in [4.78, 5) is 16.0. The molecule has 0 bridgehead atoms. The molecule has 1 aromatic rings. The van der Waals surface area contributed by atoms with Gasteiger partial charge in [0.2, 0.25) is 0 Å². The maximum atomic E-state index is 10.5. The van der Waals surface area contributed by atoms with Crippen LogP contribution in [0.5, 0.6) is 0 Å². The minimum Gasteiger partial charge on any atom is -0.477 e. The van der Waals surface area contributed by atoms with Gasteiger partial charge < -0.3 is 15.1 Å². The van der Waals surface area contributed by atoms with E-state index in [0.29, 0.717) is 6.54 Å². The highest BCUT2D eigenvalue weighted by atomic mass is 16.4. The molecule has 0 aliphatic rings. The third-order valence-corrected chi connectivity index (χ3v) is 1.84. The van der Waals surface area contributed by atoms with Crippen molar-refractivity contribution in [1.29, 1.82) is 0 Å². The zero-order valence-electron chi connectivity index (χ0n) is 7.84. The first-order valence-corrected chi connectivity index (χ1v) is 4.16. The Morgan fingerprint density at radius 2 is 2.29 bits per heavy atom. The van der Waals surface area contributed by atoms with Crippen LogP contribution in [0.1, 0.15) is 10.5 Å². The molecule has 0 radical (unpaired) electrons. The second-order valence-electron chi connectivity index (χ2n) is 2.85. The van der Waals surface area contributed by atoms with E-state index in [1.165, 1.54) is 12.3 Å². The molecule has 0 aliphatic heterocycles. The van der Waals surface area contributed by atoms with Gasteiger partial charge in [-0.1, -0.05) is 0 Å². The van der Waals surface area contributed by atoms with E-state index >= 15 is 0 Å². The number of hydrogen-bond donors (Lipinski definition) is 2. The van der Waals surface area contributed by atoms with Gasteiger partial charge in [-0.3, -0.25) is 0 Å². The molecule has 0 aliphatic carbocycles. The highest BCUT2D eigenvalue weighted by molar-refractivity contribution is 5.85. The number of carboxylic acid groups (broad SMARTS) is 1. The molecule has 0 unspecified atom stereocenters.